The zero-order valence-corrected chi connectivity index (χ0v) is 18.9. The number of Topliss-reactive ketones (excluding diaryl/α,β-unsaturated/α-hetero) is 1. The van der Waals surface area contributed by atoms with Gasteiger partial charge in [-0.25, -0.2) is 14.6 Å². The van der Waals surface area contributed by atoms with Gasteiger partial charge in [-0.2, -0.15) is 0 Å². The van der Waals surface area contributed by atoms with Crippen LogP contribution in [-0.4, -0.2) is 44.8 Å². The predicted octanol–water partition coefficient (Wildman–Crippen LogP) is 4.02. The molecule has 1 aromatic carbocycles. The molecule has 3 heterocycles. The van der Waals surface area contributed by atoms with Crippen LogP contribution < -0.4 is 4.90 Å². The van der Waals surface area contributed by atoms with E-state index in [0.717, 1.165) is 43.2 Å². The summed E-state index contributed by atoms with van der Waals surface area (Å²) in [7, 11) is 4.00. The van der Waals surface area contributed by atoms with Crippen molar-refractivity contribution in [3.63, 3.8) is 0 Å². The maximum Gasteiger partial charge on any atom is 0.161 e. The molecule has 0 bridgehead atoms. The molecule has 0 aliphatic heterocycles. The number of anilines is 1. The van der Waals surface area contributed by atoms with Gasteiger partial charge >= 0.3 is 0 Å². The van der Waals surface area contributed by atoms with Crippen LogP contribution in [0.4, 0.5) is 5.69 Å². The average Bonchev–Trinajstić information content (AvgIpc) is 3.42. The van der Waals surface area contributed by atoms with Crippen molar-refractivity contribution in [1.82, 2.24) is 25.0 Å². The third-order valence-corrected chi connectivity index (χ3v) is 6.54. The molecule has 0 saturated heterocycles. The number of aryl methyl sites for hydroxylation is 2. The highest BCUT2D eigenvalue weighted by atomic mass is 32.1. The summed E-state index contributed by atoms with van der Waals surface area (Å²) in [4.78, 5) is 24.7. The molecule has 0 spiro atoms. The van der Waals surface area contributed by atoms with E-state index in [9.17, 15) is 4.79 Å². The monoisotopic (exact) mass is 438 g/mol. The lowest BCUT2D eigenvalue weighted by Gasteiger charge is -2.11. The van der Waals surface area contributed by atoms with Gasteiger partial charge in [-0.1, -0.05) is 17.3 Å². The van der Waals surface area contributed by atoms with Gasteiger partial charge in [-0.15, -0.1) is 27.8 Å². The van der Waals surface area contributed by atoms with Gasteiger partial charge in [-0.05, 0) is 26.0 Å². The van der Waals surface area contributed by atoms with Crippen LogP contribution in [0, 0.1) is 13.8 Å². The summed E-state index contributed by atoms with van der Waals surface area (Å²) in [5.41, 5.74) is 4.72. The average molecular weight is 439 g/mol. The second kappa shape index (κ2) is 8.45. The van der Waals surface area contributed by atoms with Crippen molar-refractivity contribution in [3.05, 3.63) is 51.6 Å². The molecule has 0 amide bonds. The van der Waals surface area contributed by atoms with Gasteiger partial charge in [0.2, 0.25) is 0 Å². The minimum Gasteiger partial charge on any atom is -0.378 e. The molecule has 154 valence electrons. The van der Waals surface area contributed by atoms with Gasteiger partial charge < -0.3 is 4.90 Å². The van der Waals surface area contributed by atoms with Crippen molar-refractivity contribution in [2.24, 2.45) is 0 Å². The fraction of sp³-hybridized carbons (Fsp3) is 0.286. The molecule has 0 atom stereocenters. The van der Waals surface area contributed by atoms with Crippen molar-refractivity contribution in [1.29, 1.82) is 0 Å². The maximum atomic E-state index is 12.5. The van der Waals surface area contributed by atoms with E-state index in [1.54, 1.807) is 22.2 Å². The largest absolute Gasteiger partial charge is 0.378 e. The van der Waals surface area contributed by atoms with Crippen molar-refractivity contribution in [2.75, 3.05) is 19.0 Å². The van der Waals surface area contributed by atoms with Crippen LogP contribution in [-0.2, 0) is 17.8 Å². The second-order valence-electron chi connectivity index (χ2n) is 7.23. The van der Waals surface area contributed by atoms with E-state index in [1.165, 1.54) is 11.3 Å². The standard InChI is InChI=1S/C21H22N6OS2/c1-13-21(30-14(2)22-13)19-12-29-20(23-19)9-17(28)10-27-11-18(24-25-27)15-5-7-16(8-6-15)26(3)4/h5-8,11-12H,9-10H2,1-4H3. The first-order chi connectivity index (χ1) is 14.4. The highest BCUT2D eigenvalue weighted by Gasteiger charge is 2.14. The van der Waals surface area contributed by atoms with E-state index < -0.39 is 0 Å². The van der Waals surface area contributed by atoms with E-state index >= 15 is 0 Å². The molecular weight excluding hydrogens is 416 g/mol. The molecular formula is C21H22N6OS2. The Labute approximate surface area is 183 Å². The van der Waals surface area contributed by atoms with Crippen LogP contribution in [0.5, 0.6) is 0 Å². The Bertz CT molecular complexity index is 1170. The summed E-state index contributed by atoms with van der Waals surface area (Å²) >= 11 is 3.13. The number of nitrogens with zero attached hydrogens (tertiary/aromatic N) is 6. The summed E-state index contributed by atoms with van der Waals surface area (Å²) < 4.78 is 1.59. The van der Waals surface area contributed by atoms with E-state index in [4.69, 9.17) is 0 Å². The summed E-state index contributed by atoms with van der Waals surface area (Å²) in [5, 5.41) is 12.1. The van der Waals surface area contributed by atoms with Gasteiger partial charge in [-0.3, -0.25) is 4.79 Å². The number of carbonyl (C=O) groups is 1. The first kappa shape index (κ1) is 20.4. The number of carbonyl (C=O) groups excluding carboxylic acids is 1. The van der Waals surface area contributed by atoms with Crippen LogP contribution >= 0.6 is 22.7 Å². The molecule has 0 aliphatic carbocycles. The number of benzene rings is 1. The lowest BCUT2D eigenvalue weighted by molar-refractivity contribution is -0.119. The molecule has 0 unspecified atom stereocenters. The molecule has 3 aromatic heterocycles. The zero-order chi connectivity index (χ0) is 21.3. The highest BCUT2D eigenvalue weighted by Crippen LogP contribution is 2.30. The third-order valence-electron chi connectivity index (χ3n) is 4.59. The number of aromatic nitrogens is 5. The topological polar surface area (TPSA) is 76.8 Å². The summed E-state index contributed by atoms with van der Waals surface area (Å²) in [6.45, 7) is 4.15. The summed E-state index contributed by atoms with van der Waals surface area (Å²) in [5.74, 6) is 0.0486. The number of hydrogen-bond acceptors (Lipinski definition) is 8. The normalized spacial score (nSPS) is 11.1. The van der Waals surface area contributed by atoms with E-state index in [0.29, 0.717) is 0 Å². The minimum atomic E-state index is 0.0486. The molecule has 0 fully saturated rings. The first-order valence-electron chi connectivity index (χ1n) is 9.47. The van der Waals surface area contributed by atoms with Crippen LogP contribution in [0.1, 0.15) is 15.7 Å². The molecule has 0 saturated carbocycles. The fourth-order valence-corrected chi connectivity index (χ4v) is 4.88. The van der Waals surface area contributed by atoms with Gasteiger partial charge in [0.25, 0.3) is 0 Å². The molecule has 30 heavy (non-hydrogen) atoms. The van der Waals surface area contributed by atoms with Crippen molar-refractivity contribution < 1.29 is 4.79 Å². The molecule has 0 radical (unpaired) electrons. The van der Waals surface area contributed by atoms with Gasteiger partial charge in [0.15, 0.2) is 5.78 Å². The quantitative estimate of drug-likeness (QED) is 0.434. The Morgan fingerprint density at radius 2 is 1.87 bits per heavy atom. The van der Waals surface area contributed by atoms with Crippen LogP contribution in [0.2, 0.25) is 0 Å². The van der Waals surface area contributed by atoms with Crippen molar-refractivity contribution >= 4 is 34.1 Å². The Morgan fingerprint density at radius 3 is 2.53 bits per heavy atom. The molecule has 4 rings (SSSR count). The van der Waals surface area contributed by atoms with Crippen LogP contribution in [0.15, 0.2) is 35.8 Å². The number of ketones is 1. The van der Waals surface area contributed by atoms with Crippen molar-refractivity contribution in [3.8, 4) is 21.8 Å². The number of thiazole rings is 2. The van der Waals surface area contributed by atoms with E-state index in [2.05, 4.69) is 20.3 Å². The minimum absolute atomic E-state index is 0.0486. The zero-order valence-electron chi connectivity index (χ0n) is 17.3. The van der Waals surface area contributed by atoms with Crippen LogP contribution in [0.25, 0.3) is 21.8 Å². The first-order valence-corrected chi connectivity index (χ1v) is 11.2. The van der Waals surface area contributed by atoms with Crippen LogP contribution in [0.3, 0.4) is 0 Å². The Kier molecular flexibility index (Phi) is 5.74. The Morgan fingerprint density at radius 1 is 1.10 bits per heavy atom. The maximum absolute atomic E-state index is 12.5. The lowest BCUT2D eigenvalue weighted by atomic mass is 10.1. The molecule has 7 nitrogen and oxygen atoms in total. The second-order valence-corrected chi connectivity index (χ2v) is 9.38. The predicted molar refractivity (Wildman–Crippen MR) is 121 cm³/mol. The smallest absolute Gasteiger partial charge is 0.161 e. The Balaban J connectivity index is 1.40. The Hall–Kier alpha value is -2.91. The van der Waals surface area contributed by atoms with Gasteiger partial charge in [0, 0.05) is 30.7 Å². The summed E-state index contributed by atoms with van der Waals surface area (Å²) in [6, 6.07) is 8.08. The third kappa shape index (κ3) is 4.47. The van der Waals surface area contributed by atoms with Gasteiger partial charge in [0.05, 0.1) is 33.9 Å². The summed E-state index contributed by atoms with van der Waals surface area (Å²) in [6.07, 6.45) is 2.09. The fourth-order valence-electron chi connectivity index (χ4n) is 3.11. The molecule has 0 N–H and O–H groups in total. The SMILES string of the molecule is Cc1nc(C)c(-c2csc(CC(=O)Cn3cc(-c4ccc(N(C)C)cc4)nn3)n2)s1. The number of rotatable bonds is 7. The highest BCUT2D eigenvalue weighted by molar-refractivity contribution is 7.16. The van der Waals surface area contributed by atoms with E-state index in [-0.39, 0.29) is 18.7 Å². The molecule has 0 aliphatic rings. The molecule has 9 heteroatoms. The van der Waals surface area contributed by atoms with Crippen molar-refractivity contribution in [2.45, 2.75) is 26.8 Å². The van der Waals surface area contributed by atoms with Gasteiger partial charge in [0.1, 0.15) is 17.2 Å². The number of hydrogen-bond donors (Lipinski definition) is 0. The molecule has 4 aromatic rings. The van der Waals surface area contributed by atoms with E-state index in [1.807, 2.05) is 62.5 Å². The lowest BCUT2D eigenvalue weighted by Crippen LogP contribution is -2.13.